The van der Waals surface area contributed by atoms with Gasteiger partial charge in [0.25, 0.3) is 0 Å². The zero-order chi connectivity index (χ0) is 13.4. The summed E-state index contributed by atoms with van der Waals surface area (Å²) in [6.45, 7) is 6.18. The zero-order valence-electron chi connectivity index (χ0n) is 11.1. The first-order valence-electron chi connectivity index (χ1n) is 5.97. The van der Waals surface area contributed by atoms with Crippen LogP contribution in [-0.2, 0) is 16.1 Å². The van der Waals surface area contributed by atoms with Crippen LogP contribution in [0.4, 0.5) is 0 Å². The lowest BCUT2D eigenvalue weighted by Crippen LogP contribution is -2.18. The van der Waals surface area contributed by atoms with Gasteiger partial charge in [-0.15, -0.1) is 0 Å². The van der Waals surface area contributed by atoms with E-state index in [-0.39, 0.29) is 5.97 Å². The van der Waals surface area contributed by atoms with E-state index in [0.717, 1.165) is 23.7 Å². The van der Waals surface area contributed by atoms with Gasteiger partial charge in [-0.2, -0.15) is 0 Å². The van der Waals surface area contributed by atoms with Gasteiger partial charge in [0.15, 0.2) is 0 Å². The van der Waals surface area contributed by atoms with Crippen LogP contribution >= 0.6 is 11.8 Å². The van der Waals surface area contributed by atoms with Gasteiger partial charge in [-0.25, -0.2) is 4.98 Å². The summed E-state index contributed by atoms with van der Waals surface area (Å²) >= 11 is 1.38. The van der Waals surface area contributed by atoms with E-state index in [1.807, 2.05) is 18.3 Å². The Morgan fingerprint density at radius 3 is 2.83 bits per heavy atom. The van der Waals surface area contributed by atoms with Crippen molar-refractivity contribution in [2.75, 3.05) is 19.4 Å². The summed E-state index contributed by atoms with van der Waals surface area (Å²) in [5.74, 6) is 0.714. The van der Waals surface area contributed by atoms with Crippen molar-refractivity contribution in [3.8, 4) is 0 Å². The molecule has 1 aromatic heterocycles. The van der Waals surface area contributed by atoms with E-state index >= 15 is 0 Å². The summed E-state index contributed by atoms with van der Waals surface area (Å²) in [6, 6.07) is 3.96. The van der Waals surface area contributed by atoms with Crippen LogP contribution in [0.5, 0.6) is 0 Å². The van der Waals surface area contributed by atoms with Crippen LogP contribution < -0.4 is 5.32 Å². The fraction of sp³-hybridized carbons (Fsp3) is 0.538. The van der Waals surface area contributed by atoms with Crippen molar-refractivity contribution in [3.63, 3.8) is 0 Å². The molecule has 0 atom stereocenters. The number of carbonyl (C=O) groups is 1. The molecule has 1 aromatic rings. The number of hydrogen-bond donors (Lipinski definition) is 1. The molecular weight excluding hydrogens is 248 g/mol. The summed E-state index contributed by atoms with van der Waals surface area (Å²) in [7, 11) is 1.39. The molecule has 0 aliphatic heterocycles. The minimum atomic E-state index is -0.232. The van der Waals surface area contributed by atoms with Crippen molar-refractivity contribution in [2.24, 2.45) is 5.92 Å². The summed E-state index contributed by atoms with van der Waals surface area (Å²) < 4.78 is 4.57. The van der Waals surface area contributed by atoms with Crippen LogP contribution in [0.2, 0.25) is 0 Å². The molecule has 18 heavy (non-hydrogen) atoms. The second-order valence-electron chi connectivity index (χ2n) is 4.39. The number of ether oxygens (including phenoxy) is 1. The van der Waals surface area contributed by atoms with Crippen LogP contribution in [0.25, 0.3) is 0 Å². The number of methoxy groups -OCH3 is 1. The smallest absolute Gasteiger partial charge is 0.316 e. The predicted octanol–water partition coefficient (Wildman–Crippen LogP) is 2.09. The van der Waals surface area contributed by atoms with Gasteiger partial charge in [-0.05, 0) is 24.1 Å². The van der Waals surface area contributed by atoms with Gasteiger partial charge in [0, 0.05) is 12.7 Å². The molecular formula is C13H20N2O2S. The molecule has 1 rings (SSSR count). The van der Waals surface area contributed by atoms with Crippen molar-refractivity contribution >= 4 is 17.7 Å². The molecule has 0 aromatic carbocycles. The highest BCUT2D eigenvalue weighted by atomic mass is 32.2. The van der Waals surface area contributed by atoms with Crippen molar-refractivity contribution in [2.45, 2.75) is 25.4 Å². The highest BCUT2D eigenvalue weighted by Crippen LogP contribution is 2.15. The molecule has 0 spiro atoms. The largest absolute Gasteiger partial charge is 0.468 e. The van der Waals surface area contributed by atoms with Gasteiger partial charge in [0.1, 0.15) is 0 Å². The number of pyridine rings is 1. The lowest BCUT2D eigenvalue weighted by Gasteiger charge is -2.07. The molecule has 4 nitrogen and oxygen atoms in total. The number of hydrogen-bond acceptors (Lipinski definition) is 5. The first-order valence-corrected chi connectivity index (χ1v) is 6.95. The Labute approximate surface area is 113 Å². The van der Waals surface area contributed by atoms with E-state index < -0.39 is 0 Å². The van der Waals surface area contributed by atoms with Crippen LogP contribution in [0.3, 0.4) is 0 Å². The molecule has 1 heterocycles. The summed E-state index contributed by atoms with van der Waals surface area (Å²) in [5.41, 5.74) is 1.15. The van der Waals surface area contributed by atoms with Crippen molar-refractivity contribution in [1.82, 2.24) is 10.3 Å². The van der Waals surface area contributed by atoms with Gasteiger partial charge < -0.3 is 10.1 Å². The van der Waals surface area contributed by atoms with Crippen molar-refractivity contribution in [3.05, 3.63) is 23.9 Å². The van der Waals surface area contributed by atoms with E-state index in [2.05, 4.69) is 28.9 Å². The maximum Gasteiger partial charge on any atom is 0.316 e. The average molecular weight is 268 g/mol. The number of carbonyl (C=O) groups excluding carboxylic acids is 1. The third-order valence-corrected chi connectivity index (χ3v) is 3.16. The Kier molecular flexibility index (Phi) is 6.75. The molecule has 0 amide bonds. The minimum absolute atomic E-state index is 0.232. The van der Waals surface area contributed by atoms with Gasteiger partial charge in [0.2, 0.25) is 0 Å². The van der Waals surface area contributed by atoms with Crippen molar-refractivity contribution in [1.29, 1.82) is 0 Å². The Morgan fingerprint density at radius 2 is 2.28 bits per heavy atom. The second kappa shape index (κ2) is 8.11. The average Bonchev–Trinajstić information content (AvgIpc) is 2.37. The van der Waals surface area contributed by atoms with E-state index in [1.54, 1.807) is 0 Å². The van der Waals surface area contributed by atoms with Crippen molar-refractivity contribution < 1.29 is 9.53 Å². The lowest BCUT2D eigenvalue weighted by atomic mass is 10.2. The number of aromatic nitrogens is 1. The van der Waals surface area contributed by atoms with Gasteiger partial charge in [-0.3, -0.25) is 4.79 Å². The molecule has 5 heteroatoms. The summed E-state index contributed by atoms with van der Waals surface area (Å²) in [6.07, 6.45) is 1.84. The second-order valence-corrected chi connectivity index (χ2v) is 5.39. The summed E-state index contributed by atoms with van der Waals surface area (Å²) in [5, 5.41) is 4.20. The number of nitrogens with zero attached hydrogens (tertiary/aromatic N) is 1. The standard InChI is InChI=1S/C13H20N2O2S/c1-10(2)6-14-7-11-4-5-12(15-8-11)18-9-13(16)17-3/h4-5,8,10,14H,6-7,9H2,1-3H3. The number of nitrogens with one attached hydrogen (secondary N) is 1. The molecule has 100 valence electrons. The third-order valence-electron chi connectivity index (χ3n) is 2.24. The minimum Gasteiger partial charge on any atom is -0.468 e. The topological polar surface area (TPSA) is 51.2 Å². The van der Waals surface area contributed by atoms with E-state index in [9.17, 15) is 4.79 Å². The number of rotatable bonds is 7. The van der Waals surface area contributed by atoms with Crippen LogP contribution in [-0.4, -0.2) is 30.4 Å². The molecule has 0 unspecified atom stereocenters. The Hall–Kier alpha value is -1.07. The van der Waals surface area contributed by atoms with Gasteiger partial charge in [-0.1, -0.05) is 31.7 Å². The van der Waals surface area contributed by atoms with Crippen LogP contribution in [0.15, 0.2) is 23.4 Å². The Bertz CT molecular complexity index is 366. The maximum atomic E-state index is 11.0. The molecule has 0 radical (unpaired) electrons. The van der Waals surface area contributed by atoms with E-state index in [4.69, 9.17) is 0 Å². The number of thioether (sulfide) groups is 1. The molecule has 0 aliphatic rings. The molecule has 0 aliphatic carbocycles. The normalized spacial score (nSPS) is 10.7. The predicted molar refractivity (Wildman–Crippen MR) is 73.5 cm³/mol. The lowest BCUT2D eigenvalue weighted by molar-refractivity contribution is -0.137. The third kappa shape index (κ3) is 6.02. The SMILES string of the molecule is COC(=O)CSc1ccc(CNCC(C)C)cn1. The van der Waals surface area contributed by atoms with Gasteiger partial charge in [0.05, 0.1) is 17.9 Å². The first kappa shape index (κ1) is 15.0. The van der Waals surface area contributed by atoms with Crippen LogP contribution in [0, 0.1) is 5.92 Å². The van der Waals surface area contributed by atoms with Crippen LogP contribution in [0.1, 0.15) is 19.4 Å². The molecule has 0 saturated carbocycles. The maximum absolute atomic E-state index is 11.0. The number of esters is 1. The highest BCUT2D eigenvalue weighted by molar-refractivity contribution is 7.99. The Morgan fingerprint density at radius 1 is 1.50 bits per heavy atom. The molecule has 0 fully saturated rings. The summed E-state index contributed by atoms with van der Waals surface area (Å²) in [4.78, 5) is 15.3. The molecule has 0 bridgehead atoms. The molecule has 0 saturated heterocycles. The van der Waals surface area contributed by atoms with Gasteiger partial charge >= 0.3 is 5.97 Å². The fourth-order valence-electron chi connectivity index (χ4n) is 1.30. The fourth-order valence-corrected chi connectivity index (χ4v) is 1.97. The monoisotopic (exact) mass is 268 g/mol. The Balaban J connectivity index is 2.35. The van der Waals surface area contributed by atoms with E-state index in [0.29, 0.717) is 11.7 Å². The first-order chi connectivity index (χ1) is 8.61. The zero-order valence-corrected chi connectivity index (χ0v) is 11.9. The highest BCUT2D eigenvalue weighted by Gasteiger charge is 2.03. The molecule has 1 N–H and O–H groups in total. The quantitative estimate of drug-likeness (QED) is 0.606. The van der Waals surface area contributed by atoms with E-state index in [1.165, 1.54) is 18.9 Å².